The van der Waals surface area contributed by atoms with E-state index in [4.69, 9.17) is 11.6 Å². The highest BCUT2D eigenvalue weighted by Gasteiger charge is 2.21. The number of phenolic OH excluding ortho intramolecular Hbond substituents is 1. The van der Waals surface area contributed by atoms with Crippen molar-refractivity contribution < 1.29 is 13.5 Å². The minimum Gasteiger partial charge on any atom is -0.506 e. The maximum atomic E-state index is 11.9. The molecule has 0 radical (unpaired) electrons. The van der Waals surface area contributed by atoms with Crippen LogP contribution >= 0.6 is 11.6 Å². The molecule has 2 N–H and O–H groups in total. The molecule has 0 saturated carbocycles. The molecule has 0 saturated heterocycles. The first-order valence-electron chi connectivity index (χ1n) is 4.98. The van der Waals surface area contributed by atoms with E-state index >= 15 is 0 Å². The summed E-state index contributed by atoms with van der Waals surface area (Å²) >= 11 is 5.73. The summed E-state index contributed by atoms with van der Waals surface area (Å²) in [6.45, 7) is 3.49. The van der Waals surface area contributed by atoms with Crippen LogP contribution in [0.25, 0.3) is 0 Å². The van der Waals surface area contributed by atoms with Crippen molar-refractivity contribution in [2.75, 3.05) is 11.8 Å². The zero-order valence-corrected chi connectivity index (χ0v) is 11.4. The SMILES string of the molecule is CC(C)N(C)S(=O)(=O)Nc1cc(Cl)ccc1O. The van der Waals surface area contributed by atoms with Crippen molar-refractivity contribution in [3.8, 4) is 5.75 Å². The average Bonchev–Trinajstić information content (AvgIpc) is 2.21. The second-order valence-corrected chi connectivity index (χ2v) is 6.05. The second kappa shape index (κ2) is 5.12. The fourth-order valence-corrected chi connectivity index (χ4v) is 2.39. The summed E-state index contributed by atoms with van der Waals surface area (Å²) in [7, 11) is -2.23. The van der Waals surface area contributed by atoms with Crippen LogP contribution in [0.5, 0.6) is 5.75 Å². The Morgan fingerprint density at radius 3 is 2.53 bits per heavy atom. The Balaban J connectivity index is 3.02. The Morgan fingerprint density at radius 2 is 2.00 bits per heavy atom. The number of anilines is 1. The summed E-state index contributed by atoms with van der Waals surface area (Å²) in [5.74, 6) is -0.171. The highest BCUT2D eigenvalue weighted by atomic mass is 35.5. The van der Waals surface area contributed by atoms with E-state index < -0.39 is 10.2 Å². The molecule has 0 atom stereocenters. The van der Waals surface area contributed by atoms with Crippen LogP contribution in [0.4, 0.5) is 5.69 Å². The standard InChI is InChI=1S/C10H15ClN2O3S/c1-7(2)13(3)17(15,16)12-9-6-8(11)4-5-10(9)14/h4-7,12,14H,1-3H3. The van der Waals surface area contributed by atoms with Crippen molar-refractivity contribution in [3.05, 3.63) is 23.2 Å². The van der Waals surface area contributed by atoms with Gasteiger partial charge in [0.2, 0.25) is 0 Å². The molecule has 0 bridgehead atoms. The molecule has 5 nitrogen and oxygen atoms in total. The zero-order chi connectivity index (χ0) is 13.2. The monoisotopic (exact) mass is 278 g/mol. The molecule has 0 aliphatic heterocycles. The molecular weight excluding hydrogens is 264 g/mol. The number of hydrogen-bond acceptors (Lipinski definition) is 3. The molecule has 0 aliphatic carbocycles. The molecule has 1 aromatic carbocycles. The smallest absolute Gasteiger partial charge is 0.301 e. The summed E-state index contributed by atoms with van der Waals surface area (Å²) < 4.78 is 27.2. The van der Waals surface area contributed by atoms with Crippen molar-refractivity contribution in [1.29, 1.82) is 0 Å². The number of benzene rings is 1. The van der Waals surface area contributed by atoms with Crippen LogP contribution < -0.4 is 4.72 Å². The Hall–Kier alpha value is -0.980. The lowest BCUT2D eigenvalue weighted by molar-refractivity contribution is 0.413. The predicted octanol–water partition coefficient (Wildman–Crippen LogP) is 2.04. The van der Waals surface area contributed by atoms with Gasteiger partial charge in [-0.2, -0.15) is 12.7 Å². The number of rotatable bonds is 4. The average molecular weight is 279 g/mol. The van der Waals surface area contributed by atoms with Crippen LogP contribution in [-0.4, -0.2) is 30.9 Å². The molecule has 0 unspecified atom stereocenters. The first-order valence-corrected chi connectivity index (χ1v) is 6.80. The van der Waals surface area contributed by atoms with E-state index in [9.17, 15) is 13.5 Å². The van der Waals surface area contributed by atoms with Gasteiger partial charge in [0.15, 0.2) is 0 Å². The Morgan fingerprint density at radius 1 is 1.41 bits per heavy atom. The number of aromatic hydroxyl groups is 1. The van der Waals surface area contributed by atoms with Crippen LogP contribution in [0, 0.1) is 0 Å². The summed E-state index contributed by atoms with van der Waals surface area (Å²) in [5.41, 5.74) is 0.0602. The number of hydrogen-bond donors (Lipinski definition) is 2. The van der Waals surface area contributed by atoms with E-state index in [1.807, 2.05) is 0 Å². The largest absolute Gasteiger partial charge is 0.506 e. The lowest BCUT2D eigenvalue weighted by atomic mass is 10.3. The van der Waals surface area contributed by atoms with Gasteiger partial charge in [0.05, 0.1) is 5.69 Å². The molecule has 1 rings (SSSR count). The van der Waals surface area contributed by atoms with Gasteiger partial charge in [0.1, 0.15) is 5.75 Å². The molecule has 1 aromatic rings. The molecule has 0 fully saturated rings. The van der Waals surface area contributed by atoms with Crippen molar-refractivity contribution >= 4 is 27.5 Å². The van der Waals surface area contributed by atoms with Crippen molar-refractivity contribution in [1.82, 2.24) is 4.31 Å². The lowest BCUT2D eigenvalue weighted by Gasteiger charge is -2.22. The van der Waals surface area contributed by atoms with Gasteiger partial charge in [-0.15, -0.1) is 0 Å². The van der Waals surface area contributed by atoms with Gasteiger partial charge in [0.25, 0.3) is 0 Å². The van der Waals surface area contributed by atoms with Crippen LogP contribution in [0.3, 0.4) is 0 Å². The zero-order valence-electron chi connectivity index (χ0n) is 9.81. The van der Waals surface area contributed by atoms with Crippen molar-refractivity contribution in [3.63, 3.8) is 0 Å². The third kappa shape index (κ3) is 3.49. The Kier molecular flexibility index (Phi) is 4.24. The van der Waals surface area contributed by atoms with E-state index in [1.165, 1.54) is 25.2 Å². The highest BCUT2D eigenvalue weighted by molar-refractivity contribution is 7.90. The summed E-state index contributed by atoms with van der Waals surface area (Å²) in [6, 6.07) is 3.97. The quantitative estimate of drug-likeness (QED) is 0.828. The maximum Gasteiger partial charge on any atom is 0.301 e. The topological polar surface area (TPSA) is 69.6 Å². The molecule has 17 heavy (non-hydrogen) atoms. The molecule has 7 heteroatoms. The van der Waals surface area contributed by atoms with Crippen LogP contribution in [0.1, 0.15) is 13.8 Å². The fourth-order valence-electron chi connectivity index (χ4n) is 1.08. The van der Waals surface area contributed by atoms with E-state index in [1.54, 1.807) is 13.8 Å². The molecule has 0 aromatic heterocycles. The maximum absolute atomic E-state index is 11.9. The lowest BCUT2D eigenvalue weighted by Crippen LogP contribution is -2.37. The van der Waals surface area contributed by atoms with Crippen molar-refractivity contribution in [2.45, 2.75) is 19.9 Å². The van der Waals surface area contributed by atoms with Gasteiger partial charge >= 0.3 is 10.2 Å². The molecule has 0 aliphatic rings. The Bertz CT molecular complexity index is 502. The van der Waals surface area contributed by atoms with Gasteiger partial charge in [0, 0.05) is 18.1 Å². The first kappa shape index (κ1) is 14.1. The van der Waals surface area contributed by atoms with Crippen LogP contribution in [0.2, 0.25) is 5.02 Å². The summed E-state index contributed by atoms with van der Waals surface area (Å²) in [6.07, 6.45) is 0. The number of phenols is 1. The van der Waals surface area contributed by atoms with E-state index in [0.29, 0.717) is 5.02 Å². The minimum atomic E-state index is -3.69. The molecule has 0 spiro atoms. The predicted molar refractivity (Wildman–Crippen MR) is 68.6 cm³/mol. The van der Waals surface area contributed by atoms with Gasteiger partial charge < -0.3 is 5.11 Å². The third-order valence-corrected chi connectivity index (χ3v) is 4.20. The number of nitrogens with one attached hydrogen (secondary N) is 1. The normalized spacial score (nSPS) is 12.1. The molecule has 0 amide bonds. The van der Waals surface area contributed by atoms with Gasteiger partial charge in [-0.3, -0.25) is 4.72 Å². The van der Waals surface area contributed by atoms with Gasteiger partial charge in [-0.1, -0.05) is 11.6 Å². The second-order valence-electron chi connectivity index (χ2n) is 3.88. The van der Waals surface area contributed by atoms with Crippen molar-refractivity contribution in [2.24, 2.45) is 0 Å². The number of halogens is 1. The summed E-state index contributed by atoms with van der Waals surface area (Å²) in [5, 5.41) is 9.86. The Labute approximate surface area is 106 Å². The van der Waals surface area contributed by atoms with Crippen LogP contribution in [0.15, 0.2) is 18.2 Å². The fraction of sp³-hybridized carbons (Fsp3) is 0.400. The van der Waals surface area contributed by atoms with Gasteiger partial charge in [-0.25, -0.2) is 0 Å². The molecule has 0 heterocycles. The van der Waals surface area contributed by atoms with E-state index in [-0.39, 0.29) is 17.5 Å². The van der Waals surface area contributed by atoms with E-state index in [0.717, 1.165) is 4.31 Å². The van der Waals surface area contributed by atoms with Gasteiger partial charge in [-0.05, 0) is 32.0 Å². The molecular formula is C10H15ClN2O3S. The van der Waals surface area contributed by atoms with Crippen LogP contribution in [-0.2, 0) is 10.2 Å². The highest BCUT2D eigenvalue weighted by Crippen LogP contribution is 2.27. The molecule has 96 valence electrons. The third-order valence-electron chi connectivity index (χ3n) is 2.30. The summed E-state index contributed by atoms with van der Waals surface area (Å²) in [4.78, 5) is 0. The minimum absolute atomic E-state index is 0.0602. The first-order chi connectivity index (χ1) is 7.74. The van der Waals surface area contributed by atoms with E-state index in [2.05, 4.69) is 4.72 Å². The number of nitrogens with zero attached hydrogens (tertiary/aromatic N) is 1.